The zero-order valence-corrected chi connectivity index (χ0v) is 31.5. The Labute approximate surface area is 279 Å². The molecule has 0 heterocycles. The smallest absolute Gasteiger partial charge is 0.308 e. The van der Waals surface area contributed by atoms with E-state index in [1.165, 1.54) is 180 Å². The van der Waals surface area contributed by atoms with Gasteiger partial charge in [0.25, 0.3) is 0 Å². The van der Waals surface area contributed by atoms with Crippen LogP contribution in [0.25, 0.3) is 0 Å². The molecule has 0 bridgehead atoms. The van der Waals surface area contributed by atoms with Gasteiger partial charge >= 0.3 is 5.97 Å². The number of esters is 1. The summed E-state index contributed by atoms with van der Waals surface area (Å²) in [6.45, 7) is 14.4. The summed E-state index contributed by atoms with van der Waals surface area (Å²) >= 11 is 0. The zero-order valence-electron chi connectivity index (χ0n) is 31.5. The van der Waals surface area contributed by atoms with E-state index in [0.717, 1.165) is 24.7 Å². The molecule has 264 valence electrons. The van der Waals surface area contributed by atoms with E-state index >= 15 is 0 Å². The molecule has 0 aromatic rings. The molecule has 0 spiro atoms. The lowest BCUT2D eigenvalue weighted by atomic mass is 9.84. The van der Waals surface area contributed by atoms with Crippen LogP contribution in [0.2, 0.25) is 0 Å². The standard InChI is InChI=1S/C42H84O2/c1-7-9-11-13-15-16-17-18-19-20-21-22-23-24-25-26-27-28-29-31-33-38(3)35-39(4)36-40(5)37-41(6)42(43)44-34-32-30-14-12-10-8-2/h38-41H,7-37H2,1-6H3. The van der Waals surface area contributed by atoms with Crippen LogP contribution in [0.5, 0.6) is 0 Å². The molecule has 0 aromatic heterocycles. The number of unbranched alkanes of at least 4 members (excludes halogenated alkanes) is 24. The Balaban J connectivity index is 3.53. The molecule has 0 saturated carbocycles. The van der Waals surface area contributed by atoms with E-state index < -0.39 is 0 Å². The van der Waals surface area contributed by atoms with E-state index in [9.17, 15) is 4.79 Å². The summed E-state index contributed by atoms with van der Waals surface area (Å²) in [5, 5.41) is 0. The van der Waals surface area contributed by atoms with Crippen molar-refractivity contribution in [2.45, 2.75) is 234 Å². The van der Waals surface area contributed by atoms with Crippen molar-refractivity contribution in [1.82, 2.24) is 0 Å². The first-order valence-electron chi connectivity index (χ1n) is 20.6. The summed E-state index contributed by atoms with van der Waals surface area (Å²) in [4.78, 5) is 12.4. The average molecular weight is 621 g/mol. The maximum Gasteiger partial charge on any atom is 0.308 e. The van der Waals surface area contributed by atoms with Crippen LogP contribution in [0.4, 0.5) is 0 Å². The van der Waals surface area contributed by atoms with Gasteiger partial charge in [0.15, 0.2) is 0 Å². The molecule has 0 radical (unpaired) electrons. The highest BCUT2D eigenvalue weighted by atomic mass is 16.5. The molecular weight excluding hydrogens is 536 g/mol. The van der Waals surface area contributed by atoms with Crippen LogP contribution in [-0.4, -0.2) is 12.6 Å². The van der Waals surface area contributed by atoms with Crippen molar-refractivity contribution in [3.63, 3.8) is 0 Å². The molecule has 0 fully saturated rings. The molecule has 0 aromatic carbocycles. The average Bonchev–Trinajstić information content (AvgIpc) is 2.99. The van der Waals surface area contributed by atoms with Crippen molar-refractivity contribution >= 4 is 5.97 Å². The SMILES string of the molecule is CCCCCCCCCCCCCCCCCCCCCCC(C)CC(C)CC(C)CC(C)C(=O)OCCCCCCCC. The number of hydrogen-bond acceptors (Lipinski definition) is 2. The minimum atomic E-state index is 0.0195. The quantitative estimate of drug-likeness (QED) is 0.0520. The van der Waals surface area contributed by atoms with Gasteiger partial charge in [0.2, 0.25) is 0 Å². The molecule has 44 heavy (non-hydrogen) atoms. The van der Waals surface area contributed by atoms with Gasteiger partial charge in [-0.2, -0.15) is 0 Å². The highest BCUT2D eigenvalue weighted by Crippen LogP contribution is 2.27. The number of rotatable bonds is 35. The van der Waals surface area contributed by atoms with Crippen molar-refractivity contribution in [2.75, 3.05) is 6.61 Å². The van der Waals surface area contributed by atoms with Gasteiger partial charge in [0.1, 0.15) is 0 Å². The van der Waals surface area contributed by atoms with Crippen LogP contribution in [0, 0.1) is 23.7 Å². The Bertz CT molecular complexity index is 572. The molecule has 2 heteroatoms. The van der Waals surface area contributed by atoms with E-state index in [-0.39, 0.29) is 11.9 Å². The molecule has 0 aliphatic rings. The lowest BCUT2D eigenvalue weighted by Crippen LogP contribution is -2.19. The third-order valence-electron chi connectivity index (χ3n) is 10.1. The highest BCUT2D eigenvalue weighted by Gasteiger charge is 2.20. The predicted octanol–water partition coefficient (Wildman–Crippen LogP) is 14.8. The Morgan fingerprint density at radius 2 is 0.727 bits per heavy atom. The molecule has 4 unspecified atom stereocenters. The normalized spacial score (nSPS) is 14.4. The fourth-order valence-corrected chi connectivity index (χ4v) is 7.33. The number of carbonyl (C=O) groups excluding carboxylic acids is 1. The summed E-state index contributed by atoms with van der Waals surface area (Å²) in [5.41, 5.74) is 0. The molecule has 4 atom stereocenters. The van der Waals surface area contributed by atoms with Crippen LogP contribution in [-0.2, 0) is 9.53 Å². The van der Waals surface area contributed by atoms with Gasteiger partial charge in [0, 0.05) is 0 Å². The van der Waals surface area contributed by atoms with Crippen LogP contribution in [0.1, 0.15) is 234 Å². The molecule has 0 amide bonds. The second kappa shape index (κ2) is 33.8. The van der Waals surface area contributed by atoms with Crippen molar-refractivity contribution in [2.24, 2.45) is 23.7 Å². The van der Waals surface area contributed by atoms with Gasteiger partial charge in [-0.25, -0.2) is 0 Å². The second-order valence-electron chi connectivity index (χ2n) is 15.4. The fraction of sp³-hybridized carbons (Fsp3) is 0.976. The van der Waals surface area contributed by atoms with E-state index in [4.69, 9.17) is 4.74 Å². The van der Waals surface area contributed by atoms with E-state index in [1.54, 1.807) is 0 Å². The zero-order chi connectivity index (χ0) is 32.5. The van der Waals surface area contributed by atoms with Gasteiger partial charge in [-0.1, -0.05) is 208 Å². The molecule has 0 rings (SSSR count). The predicted molar refractivity (Wildman–Crippen MR) is 197 cm³/mol. The first-order chi connectivity index (χ1) is 21.4. The van der Waals surface area contributed by atoms with E-state index in [2.05, 4.69) is 41.5 Å². The first-order valence-corrected chi connectivity index (χ1v) is 20.6. The minimum absolute atomic E-state index is 0.0195. The van der Waals surface area contributed by atoms with Crippen LogP contribution >= 0.6 is 0 Å². The van der Waals surface area contributed by atoms with Crippen LogP contribution in [0.15, 0.2) is 0 Å². The molecule has 0 saturated heterocycles. The van der Waals surface area contributed by atoms with Gasteiger partial charge in [0.05, 0.1) is 12.5 Å². The largest absolute Gasteiger partial charge is 0.465 e. The molecule has 0 aliphatic heterocycles. The molecule has 0 N–H and O–H groups in total. The Hall–Kier alpha value is -0.530. The number of hydrogen-bond donors (Lipinski definition) is 0. The van der Waals surface area contributed by atoms with Crippen molar-refractivity contribution in [3.05, 3.63) is 0 Å². The molecular formula is C42H84O2. The van der Waals surface area contributed by atoms with E-state index in [1.807, 2.05) is 0 Å². The van der Waals surface area contributed by atoms with Crippen LogP contribution < -0.4 is 0 Å². The van der Waals surface area contributed by atoms with Crippen LogP contribution in [0.3, 0.4) is 0 Å². The summed E-state index contributed by atoms with van der Waals surface area (Å²) in [6, 6.07) is 0. The topological polar surface area (TPSA) is 26.3 Å². The van der Waals surface area contributed by atoms with Gasteiger partial charge in [-0.3, -0.25) is 4.79 Å². The minimum Gasteiger partial charge on any atom is -0.465 e. The summed E-state index contributed by atoms with van der Waals surface area (Å²) in [5.74, 6) is 2.22. The monoisotopic (exact) mass is 621 g/mol. The van der Waals surface area contributed by atoms with Crippen molar-refractivity contribution in [3.8, 4) is 0 Å². The Morgan fingerprint density at radius 3 is 1.14 bits per heavy atom. The summed E-state index contributed by atoms with van der Waals surface area (Å²) in [6.07, 6.45) is 41.4. The summed E-state index contributed by atoms with van der Waals surface area (Å²) in [7, 11) is 0. The number of carbonyl (C=O) groups is 1. The lowest BCUT2D eigenvalue weighted by molar-refractivity contribution is -0.148. The van der Waals surface area contributed by atoms with E-state index in [0.29, 0.717) is 12.5 Å². The third-order valence-corrected chi connectivity index (χ3v) is 10.1. The fourth-order valence-electron chi connectivity index (χ4n) is 7.33. The van der Waals surface area contributed by atoms with Gasteiger partial charge < -0.3 is 4.74 Å². The maximum atomic E-state index is 12.4. The van der Waals surface area contributed by atoms with Gasteiger partial charge in [-0.05, 0) is 43.4 Å². The Morgan fingerprint density at radius 1 is 0.409 bits per heavy atom. The van der Waals surface area contributed by atoms with Crippen molar-refractivity contribution < 1.29 is 9.53 Å². The summed E-state index contributed by atoms with van der Waals surface area (Å²) < 4.78 is 5.57. The maximum absolute atomic E-state index is 12.4. The van der Waals surface area contributed by atoms with Crippen molar-refractivity contribution in [1.29, 1.82) is 0 Å². The molecule has 0 aliphatic carbocycles. The Kier molecular flexibility index (Phi) is 33.4. The van der Waals surface area contributed by atoms with Gasteiger partial charge in [-0.15, -0.1) is 0 Å². The third kappa shape index (κ3) is 31.5. The highest BCUT2D eigenvalue weighted by molar-refractivity contribution is 5.71. The first kappa shape index (κ1) is 43.5. The lowest BCUT2D eigenvalue weighted by Gasteiger charge is -2.22. The molecule has 2 nitrogen and oxygen atoms in total. The second-order valence-corrected chi connectivity index (χ2v) is 15.4. The number of ether oxygens (including phenoxy) is 1.